The van der Waals surface area contributed by atoms with E-state index < -0.39 is 18.0 Å². The lowest BCUT2D eigenvalue weighted by atomic mass is 10.1. The summed E-state index contributed by atoms with van der Waals surface area (Å²) < 4.78 is 10.5. The second kappa shape index (κ2) is 4.93. The molecule has 0 spiro atoms. The Morgan fingerprint density at radius 3 is 2.81 bits per heavy atom. The van der Waals surface area contributed by atoms with Gasteiger partial charge in [0.05, 0.1) is 17.9 Å². The summed E-state index contributed by atoms with van der Waals surface area (Å²) in [6.07, 6.45) is 0.0657. The highest BCUT2D eigenvalue weighted by atomic mass is 16.5. The summed E-state index contributed by atoms with van der Waals surface area (Å²) in [5, 5.41) is 9.15. The van der Waals surface area contributed by atoms with Gasteiger partial charge in [-0.15, -0.1) is 0 Å². The van der Waals surface area contributed by atoms with Crippen molar-refractivity contribution in [3.8, 4) is 5.75 Å². The van der Waals surface area contributed by atoms with Crippen LogP contribution in [0.2, 0.25) is 0 Å². The van der Waals surface area contributed by atoms with Gasteiger partial charge in [0.2, 0.25) is 11.9 Å². The maximum atomic E-state index is 12.6. The average Bonchev–Trinajstić information content (AvgIpc) is 2.91. The van der Waals surface area contributed by atoms with E-state index >= 15 is 0 Å². The highest BCUT2D eigenvalue weighted by molar-refractivity contribution is 6.06. The minimum Gasteiger partial charge on any atom is -0.478 e. The third kappa shape index (κ3) is 2.22. The number of hydrogen-bond donors (Lipinski definition) is 1. The molecule has 1 aliphatic rings. The number of aryl methyl sites for hydroxylation is 1. The minimum atomic E-state index is -1.13. The molecule has 3 rings (SSSR count). The number of carbonyl (C=O) groups excluding carboxylic acids is 1. The Balaban J connectivity index is 2.02. The Hall–Kier alpha value is -2.83. The second-order valence-electron chi connectivity index (χ2n) is 4.60. The number of para-hydroxylation sites is 2. The monoisotopic (exact) mass is 288 g/mol. The minimum absolute atomic E-state index is 0.0919. The molecule has 0 aliphatic carbocycles. The molecule has 0 saturated carbocycles. The molecule has 7 heteroatoms. The normalized spacial score (nSPS) is 17.0. The summed E-state index contributed by atoms with van der Waals surface area (Å²) in [6.45, 7) is 1.56. The van der Waals surface area contributed by atoms with Gasteiger partial charge in [-0.05, 0) is 19.1 Å². The number of hydrogen-bond acceptors (Lipinski definition) is 5. The molecule has 1 aliphatic heterocycles. The number of ether oxygens (including phenoxy) is 1. The van der Waals surface area contributed by atoms with Crippen LogP contribution < -0.4 is 9.64 Å². The van der Waals surface area contributed by atoms with E-state index in [9.17, 15) is 9.59 Å². The smallest absolute Gasteiger partial charge is 0.346 e. The van der Waals surface area contributed by atoms with Crippen LogP contribution in [0.4, 0.5) is 5.69 Å². The number of benzene rings is 1. The molecule has 2 heterocycles. The van der Waals surface area contributed by atoms with Crippen LogP contribution in [0.1, 0.15) is 16.2 Å². The number of rotatable bonds is 2. The number of nitrogens with zero attached hydrogens (tertiary/aromatic N) is 2. The molecule has 21 heavy (non-hydrogen) atoms. The standard InChI is InChI=1S/C14H12N2O5/c1-8-12(20-7-15-8)13(17)16-6-11(14(18)19)21-10-5-3-2-4-9(10)16/h2-5,7,11H,6H2,1H3,(H,18,19). The van der Waals surface area contributed by atoms with Crippen molar-refractivity contribution in [2.75, 3.05) is 11.4 Å². The maximum absolute atomic E-state index is 12.6. The molecule has 0 saturated heterocycles. The average molecular weight is 288 g/mol. The van der Waals surface area contributed by atoms with Crippen molar-refractivity contribution in [1.29, 1.82) is 0 Å². The molecule has 1 amide bonds. The van der Waals surface area contributed by atoms with E-state index in [1.165, 1.54) is 11.3 Å². The zero-order valence-electron chi connectivity index (χ0n) is 11.1. The molecule has 1 N–H and O–H groups in total. The molecule has 0 fully saturated rings. The van der Waals surface area contributed by atoms with Crippen molar-refractivity contribution in [2.24, 2.45) is 0 Å². The van der Waals surface area contributed by atoms with E-state index in [0.717, 1.165) is 0 Å². The van der Waals surface area contributed by atoms with E-state index in [1.807, 2.05) is 0 Å². The number of aromatic nitrogens is 1. The van der Waals surface area contributed by atoms with Gasteiger partial charge in [-0.2, -0.15) is 0 Å². The van der Waals surface area contributed by atoms with Crippen molar-refractivity contribution in [3.05, 3.63) is 42.1 Å². The highest BCUT2D eigenvalue weighted by Gasteiger charge is 2.35. The molecular weight excluding hydrogens is 276 g/mol. The third-order valence-corrected chi connectivity index (χ3v) is 3.23. The number of carboxylic acid groups (broad SMARTS) is 1. The Kier molecular flexibility index (Phi) is 3.09. The zero-order valence-corrected chi connectivity index (χ0v) is 11.1. The predicted octanol–water partition coefficient (Wildman–Crippen LogP) is 1.48. The van der Waals surface area contributed by atoms with Gasteiger partial charge < -0.3 is 14.3 Å². The number of carbonyl (C=O) groups is 2. The van der Waals surface area contributed by atoms with Crippen molar-refractivity contribution in [2.45, 2.75) is 13.0 Å². The van der Waals surface area contributed by atoms with Gasteiger partial charge in [-0.1, -0.05) is 12.1 Å². The van der Waals surface area contributed by atoms with Crippen LogP contribution in [-0.4, -0.2) is 34.6 Å². The first-order valence-electron chi connectivity index (χ1n) is 6.28. The molecule has 1 unspecified atom stereocenters. The van der Waals surface area contributed by atoms with E-state index in [2.05, 4.69) is 4.98 Å². The highest BCUT2D eigenvalue weighted by Crippen LogP contribution is 2.34. The van der Waals surface area contributed by atoms with Crippen molar-refractivity contribution < 1.29 is 23.8 Å². The Morgan fingerprint density at radius 2 is 2.14 bits per heavy atom. The van der Waals surface area contributed by atoms with Crippen molar-refractivity contribution >= 4 is 17.6 Å². The molecule has 0 radical (unpaired) electrons. The van der Waals surface area contributed by atoms with Gasteiger partial charge in [0, 0.05) is 0 Å². The van der Waals surface area contributed by atoms with Gasteiger partial charge >= 0.3 is 5.97 Å². The van der Waals surface area contributed by atoms with Gasteiger partial charge in [0.25, 0.3) is 5.91 Å². The van der Waals surface area contributed by atoms with Crippen LogP contribution in [-0.2, 0) is 4.79 Å². The SMILES string of the molecule is Cc1ncoc1C(=O)N1CC(C(=O)O)Oc2ccccc21. The van der Waals surface area contributed by atoms with Crippen LogP contribution in [0.15, 0.2) is 35.1 Å². The molecule has 7 nitrogen and oxygen atoms in total. The molecule has 2 aromatic rings. The van der Waals surface area contributed by atoms with Crippen LogP contribution in [0.25, 0.3) is 0 Å². The Labute approximate surface area is 119 Å². The summed E-state index contributed by atoms with van der Waals surface area (Å²) in [6, 6.07) is 6.77. The van der Waals surface area contributed by atoms with E-state index in [0.29, 0.717) is 17.1 Å². The van der Waals surface area contributed by atoms with Crippen LogP contribution in [0, 0.1) is 6.92 Å². The number of carboxylic acids is 1. The summed E-state index contributed by atoms with van der Waals surface area (Å²) in [7, 11) is 0. The van der Waals surface area contributed by atoms with E-state index in [1.54, 1.807) is 31.2 Å². The largest absolute Gasteiger partial charge is 0.478 e. The van der Waals surface area contributed by atoms with Crippen LogP contribution in [0.5, 0.6) is 5.75 Å². The Morgan fingerprint density at radius 1 is 1.38 bits per heavy atom. The number of amides is 1. The number of oxazole rings is 1. The van der Waals surface area contributed by atoms with Crippen molar-refractivity contribution in [1.82, 2.24) is 4.98 Å². The predicted molar refractivity (Wildman–Crippen MR) is 71.4 cm³/mol. The van der Waals surface area contributed by atoms with E-state index in [-0.39, 0.29) is 12.3 Å². The molecule has 1 aromatic heterocycles. The molecule has 108 valence electrons. The topological polar surface area (TPSA) is 92.9 Å². The first-order valence-corrected chi connectivity index (χ1v) is 6.28. The number of anilines is 1. The molecule has 1 atom stereocenters. The van der Waals surface area contributed by atoms with Gasteiger partial charge in [-0.3, -0.25) is 9.69 Å². The van der Waals surface area contributed by atoms with Gasteiger partial charge in [-0.25, -0.2) is 9.78 Å². The lowest BCUT2D eigenvalue weighted by Gasteiger charge is -2.32. The lowest BCUT2D eigenvalue weighted by molar-refractivity contribution is -0.144. The summed E-state index contributed by atoms with van der Waals surface area (Å²) >= 11 is 0. The van der Waals surface area contributed by atoms with Crippen molar-refractivity contribution in [3.63, 3.8) is 0 Å². The first-order chi connectivity index (χ1) is 10.1. The summed E-state index contributed by atoms with van der Waals surface area (Å²) in [5.74, 6) is -1.12. The number of fused-ring (bicyclic) bond motifs is 1. The third-order valence-electron chi connectivity index (χ3n) is 3.23. The maximum Gasteiger partial charge on any atom is 0.346 e. The zero-order chi connectivity index (χ0) is 15.0. The quantitative estimate of drug-likeness (QED) is 0.899. The molecule has 1 aromatic carbocycles. The van der Waals surface area contributed by atoms with E-state index in [4.69, 9.17) is 14.3 Å². The molecular formula is C14H12N2O5. The fourth-order valence-corrected chi connectivity index (χ4v) is 2.19. The second-order valence-corrected chi connectivity index (χ2v) is 4.60. The number of aliphatic carboxylic acids is 1. The fourth-order valence-electron chi connectivity index (χ4n) is 2.19. The van der Waals surface area contributed by atoms with Gasteiger partial charge in [0.1, 0.15) is 5.75 Å². The first kappa shape index (κ1) is 13.2. The van der Waals surface area contributed by atoms with Crippen LogP contribution >= 0.6 is 0 Å². The summed E-state index contributed by atoms with van der Waals surface area (Å²) in [4.78, 5) is 29.0. The fraction of sp³-hybridized carbons (Fsp3) is 0.214. The lowest BCUT2D eigenvalue weighted by Crippen LogP contribution is -2.47. The van der Waals surface area contributed by atoms with Gasteiger partial charge in [0.15, 0.2) is 6.39 Å². The van der Waals surface area contributed by atoms with Crippen LogP contribution in [0.3, 0.4) is 0 Å². The Bertz CT molecular complexity index is 709. The summed E-state index contributed by atoms with van der Waals surface area (Å²) in [5.41, 5.74) is 0.964. The molecule has 0 bridgehead atoms.